The highest BCUT2D eigenvalue weighted by Gasteiger charge is 2.17. The molecule has 10 heteroatoms. The highest BCUT2D eigenvalue weighted by molar-refractivity contribution is 5.44. The number of hydrogen-bond donors (Lipinski definition) is 2. The minimum atomic E-state index is -0.565. The number of H-pyrrole nitrogens is 1. The number of nitrogens with one attached hydrogen (secondary N) is 1. The van der Waals surface area contributed by atoms with E-state index in [2.05, 4.69) is 15.2 Å². The van der Waals surface area contributed by atoms with Crippen LogP contribution < -0.4 is 19.9 Å². The molecule has 0 aliphatic rings. The average Bonchev–Trinajstić information content (AvgIpc) is 3.21. The van der Waals surface area contributed by atoms with Gasteiger partial charge in [0.05, 0.1) is 24.7 Å². The quantitative estimate of drug-likeness (QED) is 0.414. The number of benzene rings is 2. The minimum absolute atomic E-state index is 0.00353. The normalized spacial score (nSPS) is 11.7. The summed E-state index contributed by atoms with van der Waals surface area (Å²) in [6.45, 7) is 2.50. The molecule has 3 rings (SSSR count). The molecule has 1 atom stereocenters. The van der Waals surface area contributed by atoms with Crippen molar-refractivity contribution in [2.45, 2.75) is 19.6 Å². The fraction of sp³-hybridized carbons (Fsp3) is 0.263. The first-order chi connectivity index (χ1) is 14.0. The number of nitro benzene ring substituents is 1. The summed E-state index contributed by atoms with van der Waals surface area (Å²) in [7, 11) is 1.57. The lowest BCUT2D eigenvalue weighted by Crippen LogP contribution is -2.14. The zero-order valence-corrected chi connectivity index (χ0v) is 16.0. The van der Waals surface area contributed by atoms with Gasteiger partial charge < -0.3 is 19.9 Å². The third-order valence-electron chi connectivity index (χ3n) is 4.10. The molecule has 0 bridgehead atoms. The third-order valence-corrected chi connectivity index (χ3v) is 4.10. The van der Waals surface area contributed by atoms with Crippen LogP contribution in [0.15, 0.2) is 42.5 Å². The van der Waals surface area contributed by atoms with Gasteiger partial charge in [0.2, 0.25) is 0 Å². The van der Waals surface area contributed by atoms with Gasteiger partial charge in [0, 0.05) is 12.1 Å². The van der Waals surface area contributed by atoms with Crippen LogP contribution in [0.1, 0.15) is 30.2 Å². The van der Waals surface area contributed by atoms with E-state index < -0.39 is 11.0 Å². The van der Waals surface area contributed by atoms with E-state index in [0.717, 1.165) is 5.56 Å². The Kier molecular flexibility index (Phi) is 6.25. The zero-order valence-electron chi connectivity index (χ0n) is 16.0. The van der Waals surface area contributed by atoms with Gasteiger partial charge in [-0.3, -0.25) is 15.2 Å². The van der Waals surface area contributed by atoms with Crippen LogP contribution >= 0.6 is 0 Å². The van der Waals surface area contributed by atoms with Crippen molar-refractivity contribution in [3.05, 3.63) is 69.8 Å². The Morgan fingerprint density at radius 2 is 1.93 bits per heavy atom. The maximum absolute atomic E-state index is 10.7. The van der Waals surface area contributed by atoms with Crippen LogP contribution in [0, 0.1) is 10.1 Å². The maximum atomic E-state index is 10.7. The molecular weight excluding hydrogens is 378 g/mol. The van der Waals surface area contributed by atoms with Crippen LogP contribution in [-0.4, -0.2) is 33.8 Å². The molecule has 2 aromatic carbocycles. The van der Waals surface area contributed by atoms with Crippen molar-refractivity contribution < 1.29 is 19.1 Å². The summed E-state index contributed by atoms with van der Waals surface area (Å²) >= 11 is 0. The second-order valence-corrected chi connectivity index (χ2v) is 6.00. The second kappa shape index (κ2) is 9.02. The molecule has 0 saturated carbocycles. The van der Waals surface area contributed by atoms with Crippen LogP contribution in [0.5, 0.6) is 17.2 Å². The predicted octanol–water partition coefficient (Wildman–Crippen LogP) is 2.75. The molecular formula is C19H21N5O5. The Bertz CT molecular complexity index is 973. The summed E-state index contributed by atoms with van der Waals surface area (Å²) in [5.74, 6) is 2.58. The van der Waals surface area contributed by atoms with Crippen molar-refractivity contribution >= 4 is 5.69 Å². The van der Waals surface area contributed by atoms with E-state index in [4.69, 9.17) is 19.9 Å². The molecule has 10 nitrogen and oxygen atoms in total. The summed E-state index contributed by atoms with van der Waals surface area (Å²) in [6.07, 6.45) is 0. The van der Waals surface area contributed by atoms with Crippen LogP contribution in [0.25, 0.3) is 0 Å². The lowest BCUT2D eigenvalue weighted by Gasteiger charge is -2.13. The largest absolute Gasteiger partial charge is 0.493 e. The number of non-ortho nitro benzene ring substituents is 1. The molecule has 1 unspecified atom stereocenters. The topological polar surface area (TPSA) is 138 Å². The predicted molar refractivity (Wildman–Crippen MR) is 104 cm³/mol. The fourth-order valence-corrected chi connectivity index (χ4v) is 2.63. The van der Waals surface area contributed by atoms with E-state index in [-0.39, 0.29) is 12.3 Å². The minimum Gasteiger partial charge on any atom is -0.493 e. The van der Waals surface area contributed by atoms with E-state index in [0.29, 0.717) is 35.5 Å². The number of nitrogens with zero attached hydrogens (tertiary/aromatic N) is 3. The second-order valence-electron chi connectivity index (χ2n) is 6.00. The number of nitro groups is 1. The lowest BCUT2D eigenvalue weighted by atomic mass is 10.1. The Morgan fingerprint density at radius 3 is 2.59 bits per heavy atom. The smallest absolute Gasteiger partial charge is 0.269 e. The number of nitrogens with two attached hydrogens (primary N) is 1. The molecule has 0 saturated heterocycles. The van der Waals surface area contributed by atoms with Crippen LogP contribution in [0.4, 0.5) is 5.69 Å². The van der Waals surface area contributed by atoms with E-state index in [1.165, 1.54) is 24.3 Å². The van der Waals surface area contributed by atoms with Gasteiger partial charge in [-0.05, 0) is 36.8 Å². The first kappa shape index (κ1) is 20.1. The average molecular weight is 399 g/mol. The number of aromatic amines is 1. The van der Waals surface area contributed by atoms with Gasteiger partial charge in [0.25, 0.3) is 5.69 Å². The van der Waals surface area contributed by atoms with Gasteiger partial charge in [-0.25, -0.2) is 4.98 Å². The Hall–Kier alpha value is -3.66. The molecule has 1 aromatic heterocycles. The number of hydrogen-bond acceptors (Lipinski definition) is 8. The molecule has 0 amide bonds. The van der Waals surface area contributed by atoms with Gasteiger partial charge in [-0.15, -0.1) is 0 Å². The van der Waals surface area contributed by atoms with Crippen LogP contribution in [0.3, 0.4) is 0 Å². The first-order valence-electron chi connectivity index (χ1n) is 8.86. The van der Waals surface area contributed by atoms with Crippen molar-refractivity contribution in [1.29, 1.82) is 0 Å². The highest BCUT2D eigenvalue weighted by atomic mass is 16.6. The van der Waals surface area contributed by atoms with E-state index in [9.17, 15) is 10.1 Å². The molecule has 3 aromatic rings. The fourth-order valence-electron chi connectivity index (χ4n) is 2.63. The molecule has 0 aliphatic heterocycles. The Labute approximate surface area is 166 Å². The summed E-state index contributed by atoms with van der Waals surface area (Å²) in [6, 6.07) is 10.6. The molecule has 1 heterocycles. The van der Waals surface area contributed by atoms with Gasteiger partial charge in [-0.1, -0.05) is 6.07 Å². The maximum Gasteiger partial charge on any atom is 0.269 e. The Morgan fingerprint density at radius 1 is 1.17 bits per heavy atom. The van der Waals surface area contributed by atoms with Gasteiger partial charge in [-0.2, -0.15) is 5.10 Å². The standard InChI is InChI=1S/C19H21N5O5/c1-3-28-16-10-12(4-9-15(16)27-2)18(20)19-21-17(22-23-19)11-29-14-7-5-13(6-8-14)24(25)26/h4-10,18H,3,11,20H2,1-2H3,(H,21,22,23). The van der Waals surface area contributed by atoms with E-state index in [1.807, 2.05) is 13.0 Å². The SMILES string of the molecule is CCOc1cc(C(N)c2n[nH]c(COc3ccc([N+](=O)[O-])cc3)n2)ccc1OC. The van der Waals surface area contributed by atoms with Gasteiger partial charge in [0.15, 0.2) is 23.1 Å². The summed E-state index contributed by atoms with van der Waals surface area (Å²) in [5, 5.41) is 17.6. The summed E-state index contributed by atoms with van der Waals surface area (Å²) in [4.78, 5) is 14.6. The van der Waals surface area contributed by atoms with E-state index >= 15 is 0 Å². The highest BCUT2D eigenvalue weighted by Crippen LogP contribution is 2.31. The van der Waals surface area contributed by atoms with Crippen molar-refractivity contribution in [3.8, 4) is 17.2 Å². The van der Waals surface area contributed by atoms with E-state index in [1.54, 1.807) is 19.2 Å². The molecule has 0 aliphatic carbocycles. The number of aromatic nitrogens is 3. The first-order valence-corrected chi connectivity index (χ1v) is 8.86. The molecule has 0 radical (unpaired) electrons. The number of ether oxygens (including phenoxy) is 3. The molecule has 0 fully saturated rings. The third kappa shape index (κ3) is 4.79. The van der Waals surface area contributed by atoms with Crippen molar-refractivity contribution in [2.24, 2.45) is 5.73 Å². The number of rotatable bonds is 9. The molecule has 29 heavy (non-hydrogen) atoms. The van der Waals surface area contributed by atoms with Crippen molar-refractivity contribution in [1.82, 2.24) is 15.2 Å². The van der Waals surface area contributed by atoms with Crippen molar-refractivity contribution in [2.75, 3.05) is 13.7 Å². The Balaban J connectivity index is 1.67. The van der Waals surface area contributed by atoms with Crippen LogP contribution in [0.2, 0.25) is 0 Å². The van der Waals surface area contributed by atoms with Gasteiger partial charge >= 0.3 is 0 Å². The van der Waals surface area contributed by atoms with Crippen LogP contribution in [-0.2, 0) is 6.61 Å². The van der Waals surface area contributed by atoms with Gasteiger partial charge in [0.1, 0.15) is 12.4 Å². The zero-order chi connectivity index (χ0) is 20.8. The molecule has 152 valence electrons. The summed E-state index contributed by atoms with van der Waals surface area (Å²) < 4.78 is 16.4. The van der Waals surface area contributed by atoms with Crippen molar-refractivity contribution in [3.63, 3.8) is 0 Å². The number of methoxy groups -OCH3 is 1. The lowest BCUT2D eigenvalue weighted by molar-refractivity contribution is -0.384. The molecule has 0 spiro atoms. The summed E-state index contributed by atoms with van der Waals surface area (Å²) in [5.41, 5.74) is 7.06. The monoisotopic (exact) mass is 399 g/mol. The molecule has 3 N–H and O–H groups in total.